The van der Waals surface area contributed by atoms with Crippen molar-refractivity contribution in [1.82, 2.24) is 13.7 Å². The number of aromatic nitrogens is 2. The molecule has 3 rings (SSSR count). The topological polar surface area (TPSA) is 54.7 Å². The summed E-state index contributed by atoms with van der Waals surface area (Å²) in [7, 11) is -2.04. The van der Waals surface area contributed by atoms with Gasteiger partial charge in [0, 0.05) is 36.7 Å². The number of nitrogens with zero attached hydrogens (tertiary/aromatic N) is 3. The van der Waals surface area contributed by atoms with Gasteiger partial charge in [-0.3, -0.25) is 0 Å². The molecule has 0 bridgehead atoms. The van der Waals surface area contributed by atoms with Crippen molar-refractivity contribution in [2.24, 2.45) is 0 Å². The maximum Gasteiger partial charge on any atom is 0.244 e. The Hall–Kier alpha value is -1.89. The van der Waals surface area contributed by atoms with E-state index < -0.39 is 10.0 Å². The van der Waals surface area contributed by atoms with E-state index in [-0.39, 0.29) is 10.9 Å². The van der Waals surface area contributed by atoms with Crippen LogP contribution in [0.5, 0.6) is 0 Å². The molecule has 0 aliphatic rings. The molecule has 0 saturated carbocycles. The molecule has 0 radical (unpaired) electrons. The largest absolute Gasteiger partial charge is 0.306 e. The first kappa shape index (κ1) is 16.0. The molecule has 0 saturated heterocycles. The van der Waals surface area contributed by atoms with Crippen LogP contribution in [0, 0.1) is 0 Å². The van der Waals surface area contributed by atoms with Crippen molar-refractivity contribution >= 4 is 27.3 Å². The molecule has 0 unspecified atom stereocenters. The van der Waals surface area contributed by atoms with Crippen molar-refractivity contribution in [3.8, 4) is 0 Å². The summed E-state index contributed by atoms with van der Waals surface area (Å²) in [6, 6.07) is 10.1. The minimum Gasteiger partial charge on any atom is -0.306 e. The third-order valence-corrected chi connectivity index (χ3v) is 6.10. The van der Waals surface area contributed by atoms with Gasteiger partial charge in [0.2, 0.25) is 10.0 Å². The van der Waals surface area contributed by atoms with Crippen LogP contribution in [0.1, 0.15) is 18.5 Å². The fourth-order valence-corrected chi connectivity index (χ4v) is 3.86. The number of halogens is 1. The van der Waals surface area contributed by atoms with Gasteiger partial charge in [0.1, 0.15) is 5.65 Å². The van der Waals surface area contributed by atoms with Crippen LogP contribution in [0.25, 0.3) is 5.65 Å². The van der Waals surface area contributed by atoms with Crippen molar-refractivity contribution in [2.45, 2.75) is 17.9 Å². The summed E-state index contributed by atoms with van der Waals surface area (Å²) in [6.45, 7) is 1.84. The van der Waals surface area contributed by atoms with E-state index in [0.717, 1.165) is 5.56 Å². The molecular formula is C16H16ClN3O2S. The van der Waals surface area contributed by atoms with Gasteiger partial charge in [-0.2, -0.15) is 4.31 Å². The zero-order valence-corrected chi connectivity index (χ0v) is 14.3. The van der Waals surface area contributed by atoms with E-state index in [2.05, 4.69) is 4.98 Å². The molecule has 23 heavy (non-hydrogen) atoms. The third-order valence-electron chi connectivity index (χ3n) is 3.94. The Labute approximate surface area is 140 Å². The minimum absolute atomic E-state index is 0.228. The van der Waals surface area contributed by atoms with E-state index in [1.807, 2.05) is 19.1 Å². The highest BCUT2D eigenvalue weighted by molar-refractivity contribution is 7.89. The van der Waals surface area contributed by atoms with Crippen LogP contribution in [-0.2, 0) is 10.0 Å². The lowest BCUT2D eigenvalue weighted by Crippen LogP contribution is -2.30. The number of imidazole rings is 1. The molecule has 0 N–H and O–H groups in total. The smallest absolute Gasteiger partial charge is 0.244 e. The predicted octanol–water partition coefficient (Wildman–Crippen LogP) is 3.37. The molecule has 1 aromatic carbocycles. The summed E-state index contributed by atoms with van der Waals surface area (Å²) in [5, 5.41) is 0.622. The second-order valence-electron chi connectivity index (χ2n) is 5.31. The van der Waals surface area contributed by atoms with Crippen molar-refractivity contribution in [3.05, 3.63) is 65.6 Å². The van der Waals surface area contributed by atoms with Crippen LogP contribution in [0.3, 0.4) is 0 Å². The van der Waals surface area contributed by atoms with Gasteiger partial charge in [-0.15, -0.1) is 0 Å². The predicted molar refractivity (Wildman–Crippen MR) is 90.0 cm³/mol. The highest BCUT2D eigenvalue weighted by Gasteiger charge is 2.26. The molecule has 0 amide bonds. The number of benzene rings is 1. The molecule has 2 heterocycles. The first-order valence-corrected chi connectivity index (χ1v) is 8.87. The molecule has 120 valence electrons. The van der Waals surface area contributed by atoms with Crippen LogP contribution >= 0.6 is 11.6 Å². The Morgan fingerprint density at radius 3 is 2.57 bits per heavy atom. The lowest BCUT2D eigenvalue weighted by atomic mass is 10.1. The minimum atomic E-state index is -3.61. The summed E-state index contributed by atoms with van der Waals surface area (Å²) in [6.07, 6.45) is 4.92. The fraction of sp³-hybridized carbons (Fsp3) is 0.188. The number of hydrogen-bond donors (Lipinski definition) is 0. The number of hydrogen-bond acceptors (Lipinski definition) is 3. The molecule has 0 fully saturated rings. The van der Waals surface area contributed by atoms with E-state index in [9.17, 15) is 8.42 Å². The second kappa shape index (κ2) is 5.96. The molecule has 0 aliphatic heterocycles. The van der Waals surface area contributed by atoms with Crippen LogP contribution in [0.4, 0.5) is 0 Å². The molecule has 3 aromatic rings. The zero-order chi connectivity index (χ0) is 16.6. The van der Waals surface area contributed by atoms with Crippen molar-refractivity contribution < 1.29 is 8.42 Å². The first-order valence-electron chi connectivity index (χ1n) is 7.06. The van der Waals surface area contributed by atoms with Gasteiger partial charge in [-0.05, 0) is 36.8 Å². The molecule has 7 heteroatoms. The van der Waals surface area contributed by atoms with Gasteiger partial charge in [0.25, 0.3) is 0 Å². The lowest BCUT2D eigenvalue weighted by Gasteiger charge is -2.24. The SMILES string of the molecule is C[C@@H](c1ccc(Cl)cc1)N(C)S(=O)(=O)c1ccc2nccn2c1. The zero-order valence-electron chi connectivity index (χ0n) is 12.7. The molecule has 1 atom stereocenters. The molecular weight excluding hydrogens is 334 g/mol. The first-order chi connectivity index (χ1) is 10.9. The Bertz CT molecular complexity index is 935. The van der Waals surface area contributed by atoms with E-state index in [1.165, 1.54) is 4.31 Å². The second-order valence-corrected chi connectivity index (χ2v) is 7.74. The monoisotopic (exact) mass is 349 g/mol. The quantitative estimate of drug-likeness (QED) is 0.725. The molecule has 0 spiro atoms. The average molecular weight is 350 g/mol. The van der Waals surface area contributed by atoms with Gasteiger partial charge < -0.3 is 4.40 Å². The number of sulfonamides is 1. The van der Waals surface area contributed by atoms with Crippen molar-refractivity contribution in [1.29, 1.82) is 0 Å². The molecule has 2 aromatic heterocycles. The number of pyridine rings is 1. The van der Waals surface area contributed by atoms with Crippen LogP contribution < -0.4 is 0 Å². The molecule has 0 aliphatic carbocycles. The number of fused-ring (bicyclic) bond motifs is 1. The Morgan fingerprint density at radius 2 is 1.87 bits per heavy atom. The lowest BCUT2D eigenvalue weighted by molar-refractivity contribution is 0.398. The van der Waals surface area contributed by atoms with Crippen molar-refractivity contribution in [3.63, 3.8) is 0 Å². The van der Waals surface area contributed by atoms with Crippen molar-refractivity contribution in [2.75, 3.05) is 7.05 Å². The maximum atomic E-state index is 12.8. The summed E-state index contributed by atoms with van der Waals surface area (Å²) < 4.78 is 28.7. The van der Waals surface area contributed by atoms with E-state index in [1.54, 1.807) is 54.3 Å². The summed E-state index contributed by atoms with van der Waals surface area (Å²) in [4.78, 5) is 4.35. The van der Waals surface area contributed by atoms with Gasteiger partial charge >= 0.3 is 0 Å². The summed E-state index contributed by atoms with van der Waals surface area (Å²) >= 11 is 5.89. The van der Waals surface area contributed by atoms with Gasteiger partial charge in [0.15, 0.2) is 0 Å². The van der Waals surface area contributed by atoms with Gasteiger partial charge in [0.05, 0.1) is 4.90 Å². The number of rotatable bonds is 4. The van der Waals surface area contributed by atoms with E-state index in [4.69, 9.17) is 11.6 Å². The normalized spacial score (nSPS) is 13.6. The standard InChI is InChI=1S/C16H16ClN3O2S/c1-12(13-3-5-14(17)6-4-13)19(2)23(21,22)15-7-8-16-18-9-10-20(16)11-15/h3-12H,1-2H3/t12-/m0/s1. The van der Waals surface area contributed by atoms with Crippen LogP contribution in [0.15, 0.2) is 59.9 Å². The Kier molecular flexibility index (Phi) is 4.14. The Balaban J connectivity index is 1.95. The molecule has 5 nitrogen and oxygen atoms in total. The summed E-state index contributed by atoms with van der Waals surface area (Å²) in [5.74, 6) is 0. The van der Waals surface area contributed by atoms with E-state index >= 15 is 0 Å². The highest BCUT2D eigenvalue weighted by Crippen LogP contribution is 2.26. The fourth-order valence-electron chi connectivity index (χ4n) is 2.38. The summed E-state index contributed by atoms with van der Waals surface area (Å²) in [5.41, 5.74) is 1.58. The van der Waals surface area contributed by atoms with Gasteiger partial charge in [-0.1, -0.05) is 23.7 Å². The highest BCUT2D eigenvalue weighted by atomic mass is 35.5. The maximum absolute atomic E-state index is 12.8. The average Bonchev–Trinajstić information content (AvgIpc) is 3.01. The van der Waals surface area contributed by atoms with Gasteiger partial charge in [-0.25, -0.2) is 13.4 Å². The van der Waals surface area contributed by atoms with Crippen LogP contribution in [0.2, 0.25) is 5.02 Å². The third kappa shape index (κ3) is 2.97. The van der Waals surface area contributed by atoms with E-state index in [0.29, 0.717) is 10.7 Å². The van der Waals surface area contributed by atoms with Crippen LogP contribution in [-0.4, -0.2) is 29.2 Å². The Morgan fingerprint density at radius 1 is 1.17 bits per heavy atom.